The molecule has 2 aromatic heterocycles. The van der Waals surface area contributed by atoms with Crippen molar-refractivity contribution in [2.75, 3.05) is 0 Å². The van der Waals surface area contributed by atoms with Gasteiger partial charge < -0.3 is 9.13 Å². The Labute approximate surface area is 266 Å². The number of rotatable bonds is 4. The van der Waals surface area contributed by atoms with Crippen LogP contribution in [0, 0.1) is 0 Å². The molecule has 0 bridgehead atoms. The van der Waals surface area contributed by atoms with Crippen LogP contribution in [0.2, 0.25) is 5.02 Å². The van der Waals surface area contributed by atoms with Gasteiger partial charge >= 0.3 is 0 Å². The molecule has 2 heterocycles. The predicted molar refractivity (Wildman–Crippen MR) is 191 cm³/mol. The zero-order valence-electron chi connectivity index (χ0n) is 24.4. The molecular weight excluding hydrogens is 568 g/mol. The van der Waals surface area contributed by atoms with Gasteiger partial charge in [0.05, 0.1) is 22.1 Å². The molecule has 3 heteroatoms. The first-order valence-electron chi connectivity index (χ1n) is 15.2. The number of para-hydroxylation sites is 3. The van der Waals surface area contributed by atoms with E-state index in [2.05, 4.69) is 161 Å². The summed E-state index contributed by atoms with van der Waals surface area (Å²) in [6.07, 6.45) is 0. The predicted octanol–water partition coefficient (Wildman–Crippen LogP) is 11.9. The van der Waals surface area contributed by atoms with E-state index in [1.54, 1.807) is 0 Å². The van der Waals surface area contributed by atoms with E-state index >= 15 is 0 Å². The molecule has 0 fully saturated rings. The van der Waals surface area contributed by atoms with E-state index in [1.165, 1.54) is 60.3 Å². The molecule has 0 saturated heterocycles. The lowest BCUT2D eigenvalue weighted by Gasteiger charge is -2.12. The molecule has 7 aromatic carbocycles. The molecule has 212 valence electrons. The summed E-state index contributed by atoms with van der Waals surface area (Å²) < 4.78 is 4.74. The fraction of sp³-hybridized carbons (Fsp3) is 0. The van der Waals surface area contributed by atoms with E-state index in [0.717, 1.165) is 22.0 Å². The SMILES string of the molecule is Clc1ccc(-c2ccc3c(c2)c2ccccc2n3-c2cccc(-c3ccc(-n4c5ccccc5c5ccccc54)cc3)c2)cc1. The van der Waals surface area contributed by atoms with Gasteiger partial charge in [-0.05, 0) is 89.0 Å². The van der Waals surface area contributed by atoms with E-state index < -0.39 is 0 Å². The number of nitrogens with zero attached hydrogens (tertiary/aromatic N) is 2. The van der Waals surface area contributed by atoms with Crippen LogP contribution in [0.5, 0.6) is 0 Å². The number of hydrogen-bond acceptors (Lipinski definition) is 0. The quantitative estimate of drug-likeness (QED) is 0.192. The Bertz CT molecular complexity index is 2480. The summed E-state index contributed by atoms with van der Waals surface area (Å²) >= 11 is 6.17. The highest BCUT2D eigenvalue weighted by Crippen LogP contribution is 2.37. The molecule has 0 aliphatic heterocycles. The zero-order chi connectivity index (χ0) is 29.9. The lowest BCUT2D eigenvalue weighted by Crippen LogP contribution is -1.95. The summed E-state index contributed by atoms with van der Waals surface area (Å²) in [6, 6.07) is 58.6. The molecule has 45 heavy (non-hydrogen) atoms. The van der Waals surface area contributed by atoms with Crippen LogP contribution in [0.4, 0.5) is 0 Å². The third kappa shape index (κ3) is 4.18. The third-order valence-electron chi connectivity index (χ3n) is 8.99. The second-order valence-corrected chi connectivity index (χ2v) is 12.0. The molecule has 0 aliphatic rings. The molecule has 0 atom stereocenters. The Balaban J connectivity index is 1.14. The van der Waals surface area contributed by atoms with Crippen molar-refractivity contribution in [3.05, 3.63) is 169 Å². The molecule has 0 spiro atoms. The minimum Gasteiger partial charge on any atom is -0.309 e. The van der Waals surface area contributed by atoms with Gasteiger partial charge in [0, 0.05) is 37.9 Å². The van der Waals surface area contributed by atoms with Gasteiger partial charge in [0.15, 0.2) is 0 Å². The van der Waals surface area contributed by atoms with Crippen molar-refractivity contribution in [2.24, 2.45) is 0 Å². The van der Waals surface area contributed by atoms with E-state index in [1.807, 2.05) is 12.1 Å². The minimum absolute atomic E-state index is 0.748. The lowest BCUT2D eigenvalue weighted by atomic mass is 10.0. The first-order valence-corrected chi connectivity index (χ1v) is 15.6. The summed E-state index contributed by atoms with van der Waals surface area (Å²) in [5.74, 6) is 0. The maximum absolute atomic E-state index is 6.17. The molecule has 9 aromatic rings. The second kappa shape index (κ2) is 10.3. The van der Waals surface area contributed by atoms with Crippen LogP contribution in [-0.4, -0.2) is 9.13 Å². The van der Waals surface area contributed by atoms with E-state index in [9.17, 15) is 0 Å². The number of benzene rings is 7. The minimum atomic E-state index is 0.748. The fourth-order valence-electron chi connectivity index (χ4n) is 6.90. The van der Waals surface area contributed by atoms with Gasteiger partial charge in [0.2, 0.25) is 0 Å². The van der Waals surface area contributed by atoms with Crippen LogP contribution in [0.1, 0.15) is 0 Å². The fourth-order valence-corrected chi connectivity index (χ4v) is 7.03. The monoisotopic (exact) mass is 594 g/mol. The van der Waals surface area contributed by atoms with E-state index in [4.69, 9.17) is 11.6 Å². The lowest BCUT2D eigenvalue weighted by molar-refractivity contribution is 1.18. The van der Waals surface area contributed by atoms with Crippen LogP contribution >= 0.6 is 11.6 Å². The maximum Gasteiger partial charge on any atom is 0.0541 e. The van der Waals surface area contributed by atoms with Crippen LogP contribution in [0.15, 0.2) is 164 Å². The van der Waals surface area contributed by atoms with Gasteiger partial charge in [0.25, 0.3) is 0 Å². The van der Waals surface area contributed by atoms with Gasteiger partial charge in [-0.15, -0.1) is 0 Å². The average Bonchev–Trinajstić information content (AvgIpc) is 3.61. The van der Waals surface area contributed by atoms with Crippen LogP contribution < -0.4 is 0 Å². The standard InChI is InChI=1S/C42H27ClN2/c43-32-21-16-28(17-22-32)31-20-25-42-38(27-31)37-12-3-6-15-41(37)45(42)34-9-7-8-30(26-34)29-18-23-33(24-19-29)44-39-13-4-1-10-35(39)36-11-2-5-14-40(36)44/h1-27H. The van der Waals surface area contributed by atoms with Crippen molar-refractivity contribution >= 4 is 55.2 Å². The first-order chi connectivity index (χ1) is 22.2. The molecule has 0 amide bonds. The molecular formula is C42H27ClN2. The Morgan fingerprint density at radius 2 is 0.778 bits per heavy atom. The van der Waals surface area contributed by atoms with E-state index in [0.29, 0.717) is 0 Å². The molecule has 0 radical (unpaired) electrons. The van der Waals surface area contributed by atoms with Crippen LogP contribution in [0.3, 0.4) is 0 Å². The van der Waals surface area contributed by atoms with Crippen molar-refractivity contribution < 1.29 is 0 Å². The number of halogens is 1. The van der Waals surface area contributed by atoms with Crippen molar-refractivity contribution in [3.63, 3.8) is 0 Å². The molecule has 0 N–H and O–H groups in total. The summed E-state index contributed by atoms with van der Waals surface area (Å²) in [4.78, 5) is 0. The van der Waals surface area contributed by atoms with Crippen molar-refractivity contribution in [1.29, 1.82) is 0 Å². The smallest absolute Gasteiger partial charge is 0.0541 e. The van der Waals surface area contributed by atoms with Gasteiger partial charge in [-0.1, -0.05) is 109 Å². The van der Waals surface area contributed by atoms with E-state index in [-0.39, 0.29) is 0 Å². The summed E-state index contributed by atoms with van der Waals surface area (Å²) in [7, 11) is 0. The normalized spacial score (nSPS) is 11.7. The average molecular weight is 595 g/mol. The molecule has 2 nitrogen and oxygen atoms in total. The number of hydrogen-bond donors (Lipinski definition) is 0. The maximum atomic E-state index is 6.17. The highest BCUT2D eigenvalue weighted by molar-refractivity contribution is 6.30. The first kappa shape index (κ1) is 25.9. The summed E-state index contributed by atoms with van der Waals surface area (Å²) in [5.41, 5.74) is 11.8. The number of fused-ring (bicyclic) bond motifs is 6. The van der Waals surface area contributed by atoms with Crippen molar-refractivity contribution in [2.45, 2.75) is 0 Å². The highest BCUT2D eigenvalue weighted by Gasteiger charge is 2.15. The molecule has 0 saturated carbocycles. The Hall–Kier alpha value is -5.57. The Morgan fingerprint density at radius 1 is 0.311 bits per heavy atom. The van der Waals surface area contributed by atoms with Crippen molar-refractivity contribution in [3.8, 4) is 33.6 Å². The zero-order valence-corrected chi connectivity index (χ0v) is 25.1. The molecule has 0 unspecified atom stereocenters. The van der Waals surface area contributed by atoms with Crippen molar-refractivity contribution in [1.82, 2.24) is 9.13 Å². The Morgan fingerprint density at radius 3 is 1.40 bits per heavy atom. The highest BCUT2D eigenvalue weighted by atomic mass is 35.5. The topological polar surface area (TPSA) is 9.86 Å². The van der Waals surface area contributed by atoms with Crippen LogP contribution in [0.25, 0.3) is 77.2 Å². The van der Waals surface area contributed by atoms with Gasteiger partial charge in [0.1, 0.15) is 0 Å². The molecule has 9 rings (SSSR count). The molecule has 0 aliphatic carbocycles. The largest absolute Gasteiger partial charge is 0.309 e. The Kier molecular flexibility index (Phi) is 5.90. The second-order valence-electron chi connectivity index (χ2n) is 11.6. The summed E-state index contributed by atoms with van der Waals surface area (Å²) in [5, 5.41) is 5.77. The van der Waals surface area contributed by atoms with Gasteiger partial charge in [-0.25, -0.2) is 0 Å². The summed E-state index contributed by atoms with van der Waals surface area (Å²) in [6.45, 7) is 0. The van der Waals surface area contributed by atoms with Gasteiger partial charge in [-0.2, -0.15) is 0 Å². The van der Waals surface area contributed by atoms with Gasteiger partial charge in [-0.3, -0.25) is 0 Å². The number of aromatic nitrogens is 2. The van der Waals surface area contributed by atoms with Crippen LogP contribution in [-0.2, 0) is 0 Å². The third-order valence-corrected chi connectivity index (χ3v) is 9.25.